The maximum absolute atomic E-state index is 12.9. The molecule has 1 aliphatic heterocycles. The highest BCUT2D eigenvalue weighted by Crippen LogP contribution is 2.19. The third-order valence-corrected chi connectivity index (χ3v) is 6.81. The third kappa shape index (κ3) is 4.98. The summed E-state index contributed by atoms with van der Waals surface area (Å²) >= 11 is 0. The zero-order valence-corrected chi connectivity index (χ0v) is 16.9. The molecule has 7 heteroatoms. The zero-order chi connectivity index (χ0) is 20.0. The van der Waals surface area contributed by atoms with Gasteiger partial charge in [-0.2, -0.15) is 4.31 Å². The lowest BCUT2D eigenvalue weighted by atomic mass is 10.1. The van der Waals surface area contributed by atoms with Crippen LogP contribution in [0, 0.1) is 0 Å². The monoisotopic (exact) mass is 402 g/mol. The minimum atomic E-state index is -3.55. The van der Waals surface area contributed by atoms with Crippen LogP contribution in [0.2, 0.25) is 0 Å². The van der Waals surface area contributed by atoms with Crippen LogP contribution in [0.15, 0.2) is 59.5 Å². The van der Waals surface area contributed by atoms with Gasteiger partial charge in [0.1, 0.15) is 0 Å². The number of carbonyl (C=O) groups excluding carboxylic acids is 1. The third-order valence-electron chi connectivity index (χ3n) is 4.89. The van der Waals surface area contributed by atoms with Crippen molar-refractivity contribution in [1.82, 2.24) is 9.21 Å². The number of esters is 1. The normalized spacial score (nSPS) is 16.0. The van der Waals surface area contributed by atoms with Gasteiger partial charge in [0.2, 0.25) is 10.0 Å². The van der Waals surface area contributed by atoms with Crippen LogP contribution < -0.4 is 0 Å². The van der Waals surface area contributed by atoms with Crippen molar-refractivity contribution in [1.29, 1.82) is 0 Å². The molecule has 1 heterocycles. The molecule has 3 rings (SSSR count). The lowest BCUT2D eigenvalue weighted by Gasteiger charge is -2.34. The second-order valence-corrected chi connectivity index (χ2v) is 8.66. The fourth-order valence-electron chi connectivity index (χ4n) is 3.25. The van der Waals surface area contributed by atoms with Gasteiger partial charge in [-0.3, -0.25) is 0 Å². The second kappa shape index (κ2) is 9.32. The molecular weight excluding hydrogens is 376 g/mol. The summed E-state index contributed by atoms with van der Waals surface area (Å²) in [5.74, 6) is -0.446. The molecule has 0 saturated carbocycles. The van der Waals surface area contributed by atoms with Gasteiger partial charge in [-0.05, 0) is 43.2 Å². The predicted octanol–water partition coefficient (Wildman–Crippen LogP) is 2.41. The van der Waals surface area contributed by atoms with E-state index in [0.717, 1.165) is 13.0 Å². The van der Waals surface area contributed by atoms with Gasteiger partial charge in [-0.15, -0.1) is 0 Å². The Balaban J connectivity index is 1.56. The van der Waals surface area contributed by atoms with Crippen molar-refractivity contribution in [2.45, 2.75) is 18.2 Å². The maximum atomic E-state index is 12.9. The summed E-state index contributed by atoms with van der Waals surface area (Å²) in [4.78, 5) is 14.2. The van der Waals surface area contributed by atoms with Crippen LogP contribution in [0.4, 0.5) is 0 Å². The summed E-state index contributed by atoms with van der Waals surface area (Å²) in [6.45, 7) is 5.31. The number of ether oxygens (including phenoxy) is 1. The van der Waals surface area contributed by atoms with Gasteiger partial charge in [0.15, 0.2) is 0 Å². The Morgan fingerprint density at radius 3 is 2.21 bits per heavy atom. The highest BCUT2D eigenvalue weighted by molar-refractivity contribution is 7.89. The van der Waals surface area contributed by atoms with E-state index in [2.05, 4.69) is 17.0 Å². The number of piperazine rings is 1. The molecule has 2 aromatic rings. The number of carbonyl (C=O) groups is 1. The van der Waals surface area contributed by atoms with Crippen LogP contribution in [0.5, 0.6) is 0 Å². The van der Waals surface area contributed by atoms with E-state index < -0.39 is 16.0 Å². The van der Waals surface area contributed by atoms with E-state index in [-0.39, 0.29) is 11.5 Å². The summed E-state index contributed by atoms with van der Waals surface area (Å²) in [6, 6.07) is 16.3. The van der Waals surface area contributed by atoms with Crippen molar-refractivity contribution in [2.75, 3.05) is 39.3 Å². The lowest BCUT2D eigenvalue weighted by molar-refractivity contribution is 0.0526. The Morgan fingerprint density at radius 1 is 0.964 bits per heavy atom. The smallest absolute Gasteiger partial charge is 0.338 e. The summed E-state index contributed by atoms with van der Waals surface area (Å²) in [5.41, 5.74) is 1.64. The van der Waals surface area contributed by atoms with E-state index >= 15 is 0 Å². The van der Waals surface area contributed by atoms with Crippen LogP contribution in [-0.4, -0.2) is 62.9 Å². The SMILES string of the molecule is CCOC(=O)c1ccc(S(=O)(=O)N2CCN(CCc3ccccc3)CC2)cc1. The quantitative estimate of drug-likeness (QED) is 0.666. The first-order valence-corrected chi connectivity index (χ1v) is 11.0. The number of nitrogens with zero attached hydrogens (tertiary/aromatic N) is 2. The van der Waals surface area contributed by atoms with E-state index in [9.17, 15) is 13.2 Å². The molecule has 1 fully saturated rings. The molecule has 1 aliphatic rings. The Kier molecular flexibility index (Phi) is 6.83. The van der Waals surface area contributed by atoms with E-state index in [4.69, 9.17) is 4.74 Å². The molecule has 0 amide bonds. The average Bonchev–Trinajstić information content (AvgIpc) is 2.73. The van der Waals surface area contributed by atoms with Gasteiger partial charge < -0.3 is 9.64 Å². The number of hydrogen-bond donors (Lipinski definition) is 0. The van der Waals surface area contributed by atoms with E-state index in [1.165, 1.54) is 34.1 Å². The van der Waals surface area contributed by atoms with E-state index in [1.807, 2.05) is 18.2 Å². The van der Waals surface area contributed by atoms with Gasteiger partial charge >= 0.3 is 5.97 Å². The Labute approximate surface area is 166 Å². The zero-order valence-electron chi connectivity index (χ0n) is 16.1. The molecule has 1 saturated heterocycles. The van der Waals surface area contributed by atoms with Crippen molar-refractivity contribution in [2.24, 2.45) is 0 Å². The molecular formula is C21H26N2O4S. The number of rotatable bonds is 7. The molecule has 2 aromatic carbocycles. The Hall–Kier alpha value is -2.22. The molecule has 6 nitrogen and oxygen atoms in total. The summed E-state index contributed by atoms with van der Waals surface area (Å²) in [6.07, 6.45) is 0.961. The molecule has 0 atom stereocenters. The summed E-state index contributed by atoms with van der Waals surface area (Å²) < 4.78 is 32.2. The average molecular weight is 403 g/mol. The van der Waals surface area contributed by atoms with Crippen molar-refractivity contribution in [3.63, 3.8) is 0 Å². The number of hydrogen-bond acceptors (Lipinski definition) is 5. The first kappa shape index (κ1) is 20.5. The predicted molar refractivity (Wildman–Crippen MR) is 108 cm³/mol. The summed E-state index contributed by atoms with van der Waals surface area (Å²) in [7, 11) is -3.55. The first-order chi connectivity index (χ1) is 13.5. The minimum absolute atomic E-state index is 0.207. The highest BCUT2D eigenvalue weighted by atomic mass is 32.2. The highest BCUT2D eigenvalue weighted by Gasteiger charge is 2.28. The molecule has 0 aromatic heterocycles. The van der Waals surface area contributed by atoms with Crippen molar-refractivity contribution >= 4 is 16.0 Å². The standard InChI is InChI=1S/C21H26N2O4S/c1-2-27-21(24)19-8-10-20(11-9-19)28(25,26)23-16-14-22(15-17-23)13-12-18-6-4-3-5-7-18/h3-11H,2,12-17H2,1H3. The van der Waals surface area contributed by atoms with Crippen LogP contribution >= 0.6 is 0 Å². The number of benzene rings is 2. The fourth-order valence-corrected chi connectivity index (χ4v) is 4.67. The molecule has 0 aliphatic carbocycles. The van der Waals surface area contributed by atoms with Gasteiger partial charge in [-0.1, -0.05) is 30.3 Å². The van der Waals surface area contributed by atoms with Crippen molar-refractivity contribution < 1.29 is 17.9 Å². The molecule has 0 bridgehead atoms. The lowest BCUT2D eigenvalue weighted by Crippen LogP contribution is -2.49. The molecule has 0 radical (unpaired) electrons. The van der Waals surface area contributed by atoms with Crippen molar-refractivity contribution in [3.05, 3.63) is 65.7 Å². The molecule has 28 heavy (non-hydrogen) atoms. The molecule has 150 valence electrons. The second-order valence-electron chi connectivity index (χ2n) is 6.73. The minimum Gasteiger partial charge on any atom is -0.462 e. The maximum Gasteiger partial charge on any atom is 0.338 e. The molecule has 0 spiro atoms. The van der Waals surface area contributed by atoms with Gasteiger partial charge in [0, 0.05) is 32.7 Å². The van der Waals surface area contributed by atoms with Crippen LogP contribution in [-0.2, 0) is 21.2 Å². The first-order valence-electron chi connectivity index (χ1n) is 9.54. The van der Waals surface area contributed by atoms with Crippen LogP contribution in [0.3, 0.4) is 0 Å². The largest absolute Gasteiger partial charge is 0.462 e. The summed E-state index contributed by atoms with van der Waals surface area (Å²) in [5, 5.41) is 0. The van der Waals surface area contributed by atoms with E-state index in [0.29, 0.717) is 31.7 Å². The fraction of sp³-hybridized carbons (Fsp3) is 0.381. The van der Waals surface area contributed by atoms with Gasteiger partial charge in [0.25, 0.3) is 0 Å². The topological polar surface area (TPSA) is 66.9 Å². The molecule has 0 unspecified atom stereocenters. The molecule has 0 N–H and O–H groups in total. The Morgan fingerprint density at radius 2 is 1.61 bits per heavy atom. The van der Waals surface area contributed by atoms with Crippen molar-refractivity contribution in [3.8, 4) is 0 Å². The van der Waals surface area contributed by atoms with Crippen LogP contribution in [0.25, 0.3) is 0 Å². The van der Waals surface area contributed by atoms with E-state index in [1.54, 1.807) is 6.92 Å². The van der Waals surface area contributed by atoms with Crippen LogP contribution in [0.1, 0.15) is 22.8 Å². The number of sulfonamides is 1. The van der Waals surface area contributed by atoms with Gasteiger partial charge in [0.05, 0.1) is 17.1 Å². The Bertz CT molecular complexity index is 874. The van der Waals surface area contributed by atoms with Gasteiger partial charge in [-0.25, -0.2) is 13.2 Å².